The number of carbonyl (C=O) groups is 1. The maximum Gasteiger partial charge on any atom is 0.323 e. The molecule has 7 nitrogen and oxygen atoms in total. The summed E-state index contributed by atoms with van der Waals surface area (Å²) in [5.41, 5.74) is 6.51. The molecule has 2 aromatic rings. The lowest BCUT2D eigenvalue weighted by molar-refractivity contribution is -0.137. The highest BCUT2D eigenvalue weighted by Crippen LogP contribution is 2.15. The fourth-order valence-corrected chi connectivity index (χ4v) is 1.34. The maximum atomic E-state index is 10.6. The molecule has 0 unspecified atom stereocenters. The van der Waals surface area contributed by atoms with Crippen LogP contribution < -0.4 is 5.73 Å². The van der Waals surface area contributed by atoms with Crippen LogP contribution in [0.1, 0.15) is 5.82 Å². The highest BCUT2D eigenvalue weighted by molar-refractivity contribution is 5.82. The largest absolute Gasteiger partial charge is 0.480 e. The van der Waals surface area contributed by atoms with E-state index in [9.17, 15) is 4.79 Å². The zero-order valence-electron chi connectivity index (χ0n) is 8.01. The van der Waals surface area contributed by atoms with Crippen LogP contribution in [0.15, 0.2) is 6.33 Å². The van der Waals surface area contributed by atoms with Crippen molar-refractivity contribution in [3.8, 4) is 0 Å². The molecule has 0 bridgehead atoms. The van der Waals surface area contributed by atoms with Gasteiger partial charge in [0.2, 0.25) is 0 Å². The van der Waals surface area contributed by atoms with Gasteiger partial charge in [0.25, 0.3) is 0 Å². The molecule has 0 atom stereocenters. The maximum absolute atomic E-state index is 10.6. The van der Waals surface area contributed by atoms with Crippen LogP contribution in [0, 0.1) is 6.92 Å². The molecule has 0 saturated heterocycles. The standard InChI is InChI=1S/C8H9N5O2/c1-4-11-7(9)6-8(12-4)13(3-10-6)2-5(14)15/h3H,2H2,1H3,(H,14,15)(H2,9,11,12). The van der Waals surface area contributed by atoms with Crippen LogP contribution in [0.4, 0.5) is 5.82 Å². The monoisotopic (exact) mass is 207 g/mol. The molecule has 0 fully saturated rings. The summed E-state index contributed by atoms with van der Waals surface area (Å²) in [6.45, 7) is 1.50. The van der Waals surface area contributed by atoms with Gasteiger partial charge in [-0.15, -0.1) is 0 Å². The molecule has 0 aromatic carbocycles. The van der Waals surface area contributed by atoms with Crippen LogP contribution in [-0.2, 0) is 11.3 Å². The van der Waals surface area contributed by atoms with E-state index in [0.717, 1.165) is 0 Å². The topological polar surface area (TPSA) is 107 Å². The average molecular weight is 207 g/mol. The quantitative estimate of drug-likeness (QED) is 0.706. The Labute approximate surface area is 84.6 Å². The van der Waals surface area contributed by atoms with Gasteiger partial charge < -0.3 is 15.4 Å². The lowest BCUT2D eigenvalue weighted by Gasteiger charge is -2.00. The SMILES string of the molecule is Cc1nc(N)c2ncn(CC(=O)O)c2n1. The molecule has 0 aliphatic carbocycles. The van der Waals surface area contributed by atoms with Crippen molar-refractivity contribution in [2.75, 3.05) is 5.73 Å². The van der Waals surface area contributed by atoms with Gasteiger partial charge in [0.1, 0.15) is 17.9 Å². The highest BCUT2D eigenvalue weighted by Gasteiger charge is 2.10. The van der Waals surface area contributed by atoms with Crippen LogP contribution in [0.5, 0.6) is 0 Å². The second kappa shape index (κ2) is 3.19. The molecular formula is C8H9N5O2. The van der Waals surface area contributed by atoms with Crippen LogP contribution in [-0.4, -0.2) is 30.6 Å². The lowest BCUT2D eigenvalue weighted by Crippen LogP contribution is -2.09. The van der Waals surface area contributed by atoms with Crippen molar-refractivity contribution in [2.24, 2.45) is 0 Å². The van der Waals surface area contributed by atoms with E-state index < -0.39 is 5.97 Å². The number of nitrogens with two attached hydrogens (primary N) is 1. The molecule has 0 aliphatic heterocycles. The molecule has 0 spiro atoms. The second-order valence-corrected chi connectivity index (χ2v) is 3.09. The number of aryl methyl sites for hydroxylation is 1. The molecule has 0 saturated carbocycles. The van der Waals surface area contributed by atoms with E-state index >= 15 is 0 Å². The van der Waals surface area contributed by atoms with Crippen molar-refractivity contribution in [2.45, 2.75) is 13.5 Å². The first-order valence-electron chi connectivity index (χ1n) is 4.24. The Morgan fingerprint density at radius 3 is 3.00 bits per heavy atom. The summed E-state index contributed by atoms with van der Waals surface area (Å²) in [5.74, 6) is -0.196. The number of aromatic nitrogens is 4. The van der Waals surface area contributed by atoms with Crippen molar-refractivity contribution in [3.63, 3.8) is 0 Å². The third-order valence-corrected chi connectivity index (χ3v) is 1.91. The minimum atomic E-state index is -0.955. The first-order valence-corrected chi connectivity index (χ1v) is 4.24. The Balaban J connectivity index is 2.63. The Morgan fingerprint density at radius 1 is 1.60 bits per heavy atom. The van der Waals surface area contributed by atoms with E-state index in [1.807, 2.05) is 0 Å². The summed E-state index contributed by atoms with van der Waals surface area (Å²) < 4.78 is 1.42. The van der Waals surface area contributed by atoms with E-state index in [4.69, 9.17) is 10.8 Å². The number of fused-ring (bicyclic) bond motifs is 1. The predicted molar refractivity (Wildman–Crippen MR) is 52.1 cm³/mol. The van der Waals surface area contributed by atoms with Gasteiger partial charge in [-0.05, 0) is 6.92 Å². The van der Waals surface area contributed by atoms with Gasteiger partial charge in [-0.3, -0.25) is 4.79 Å². The molecule has 7 heteroatoms. The third-order valence-electron chi connectivity index (χ3n) is 1.91. The third kappa shape index (κ3) is 1.58. The summed E-state index contributed by atoms with van der Waals surface area (Å²) in [6, 6.07) is 0. The number of nitrogen functional groups attached to an aromatic ring is 1. The number of carboxylic acid groups (broad SMARTS) is 1. The molecular weight excluding hydrogens is 198 g/mol. The highest BCUT2D eigenvalue weighted by atomic mass is 16.4. The second-order valence-electron chi connectivity index (χ2n) is 3.09. The zero-order valence-corrected chi connectivity index (χ0v) is 8.01. The van der Waals surface area contributed by atoms with E-state index in [-0.39, 0.29) is 12.4 Å². The molecule has 0 radical (unpaired) electrons. The fraction of sp³-hybridized carbons (Fsp3) is 0.250. The molecule has 15 heavy (non-hydrogen) atoms. The number of rotatable bonds is 2. The number of aliphatic carboxylic acids is 1. The summed E-state index contributed by atoms with van der Waals surface area (Å²) in [6.07, 6.45) is 1.39. The van der Waals surface area contributed by atoms with Crippen LogP contribution in [0.25, 0.3) is 11.2 Å². The molecule has 0 aliphatic rings. The molecule has 2 heterocycles. The number of hydrogen-bond donors (Lipinski definition) is 2. The van der Waals surface area contributed by atoms with E-state index in [2.05, 4.69) is 15.0 Å². The van der Waals surface area contributed by atoms with Gasteiger partial charge in [0.15, 0.2) is 11.5 Å². The van der Waals surface area contributed by atoms with Gasteiger partial charge in [0.05, 0.1) is 6.33 Å². The first kappa shape index (κ1) is 9.38. The van der Waals surface area contributed by atoms with Gasteiger partial charge in [0, 0.05) is 0 Å². The molecule has 2 rings (SSSR count). The van der Waals surface area contributed by atoms with Crippen molar-refractivity contribution < 1.29 is 9.90 Å². The molecule has 2 aromatic heterocycles. The van der Waals surface area contributed by atoms with Gasteiger partial charge in [-0.2, -0.15) is 0 Å². The minimum absolute atomic E-state index is 0.188. The Morgan fingerprint density at radius 2 is 2.33 bits per heavy atom. The molecule has 78 valence electrons. The lowest BCUT2D eigenvalue weighted by atomic mass is 10.4. The summed E-state index contributed by atoms with van der Waals surface area (Å²) in [4.78, 5) is 22.6. The summed E-state index contributed by atoms with van der Waals surface area (Å²) in [7, 11) is 0. The minimum Gasteiger partial charge on any atom is -0.480 e. The van der Waals surface area contributed by atoms with Crippen LogP contribution in [0.2, 0.25) is 0 Å². The summed E-state index contributed by atoms with van der Waals surface area (Å²) >= 11 is 0. The Kier molecular flexibility index (Phi) is 2.00. The number of anilines is 1. The average Bonchev–Trinajstić information content (AvgIpc) is 2.48. The molecule has 3 N–H and O–H groups in total. The number of imidazole rings is 1. The predicted octanol–water partition coefficient (Wildman–Crippen LogP) is -0.198. The first-order chi connectivity index (χ1) is 7.08. The van der Waals surface area contributed by atoms with Gasteiger partial charge in [-0.1, -0.05) is 0 Å². The van der Waals surface area contributed by atoms with Gasteiger partial charge >= 0.3 is 5.97 Å². The normalized spacial score (nSPS) is 10.7. The van der Waals surface area contributed by atoms with Gasteiger partial charge in [-0.25, -0.2) is 15.0 Å². The van der Waals surface area contributed by atoms with Crippen molar-refractivity contribution in [3.05, 3.63) is 12.2 Å². The van der Waals surface area contributed by atoms with Crippen LogP contribution >= 0.6 is 0 Å². The van der Waals surface area contributed by atoms with E-state index in [1.165, 1.54) is 10.9 Å². The number of nitrogens with zero attached hydrogens (tertiary/aromatic N) is 4. The van der Waals surface area contributed by atoms with E-state index in [0.29, 0.717) is 17.0 Å². The van der Waals surface area contributed by atoms with Crippen molar-refractivity contribution in [1.82, 2.24) is 19.5 Å². The summed E-state index contributed by atoms with van der Waals surface area (Å²) in [5, 5.41) is 8.66. The number of carboxylic acids is 1. The fourth-order valence-electron chi connectivity index (χ4n) is 1.34. The molecule has 0 amide bonds. The zero-order chi connectivity index (χ0) is 11.0. The smallest absolute Gasteiger partial charge is 0.323 e. The van der Waals surface area contributed by atoms with Crippen molar-refractivity contribution >= 4 is 23.0 Å². The van der Waals surface area contributed by atoms with Crippen LogP contribution in [0.3, 0.4) is 0 Å². The Bertz CT molecular complexity index is 533. The Hall–Kier alpha value is -2.18. The van der Waals surface area contributed by atoms with E-state index in [1.54, 1.807) is 6.92 Å². The number of hydrogen-bond acceptors (Lipinski definition) is 5. The van der Waals surface area contributed by atoms with Crippen molar-refractivity contribution in [1.29, 1.82) is 0 Å².